The molecule has 0 bridgehead atoms. The minimum Gasteiger partial charge on any atom is -0.383 e. The summed E-state index contributed by atoms with van der Waals surface area (Å²) in [7, 11) is 0. The molecule has 1 heterocycles. The summed E-state index contributed by atoms with van der Waals surface area (Å²) in [4.78, 5) is 15.5. The molecule has 128 valence electrons. The van der Waals surface area contributed by atoms with Gasteiger partial charge in [-0.3, -0.25) is 4.79 Å². The van der Waals surface area contributed by atoms with Crippen LogP contribution in [0.3, 0.4) is 0 Å². The molecule has 26 heavy (non-hydrogen) atoms. The number of nitrogen functional groups attached to an aromatic ring is 1. The molecule has 6 heteroatoms. The lowest BCUT2D eigenvalue weighted by molar-refractivity contribution is -0.114. The zero-order valence-corrected chi connectivity index (χ0v) is 14.7. The first-order valence-corrected chi connectivity index (χ1v) is 8.20. The van der Waals surface area contributed by atoms with Gasteiger partial charge in [-0.2, -0.15) is 5.26 Å². The van der Waals surface area contributed by atoms with Crippen LogP contribution in [0.1, 0.15) is 12.5 Å². The Bertz CT molecular complexity index is 1010. The number of rotatable bonds is 3. The molecule has 0 aliphatic carbocycles. The third-order valence-corrected chi connectivity index (χ3v) is 4.07. The lowest BCUT2D eigenvalue weighted by atomic mass is 9.98. The van der Waals surface area contributed by atoms with Crippen molar-refractivity contribution in [2.45, 2.75) is 6.92 Å². The van der Waals surface area contributed by atoms with Crippen molar-refractivity contribution >= 4 is 29.0 Å². The molecule has 5 nitrogen and oxygen atoms in total. The van der Waals surface area contributed by atoms with Crippen LogP contribution in [0.25, 0.3) is 22.4 Å². The number of anilines is 2. The summed E-state index contributed by atoms with van der Waals surface area (Å²) in [5.41, 5.74) is 10.00. The van der Waals surface area contributed by atoms with Crippen LogP contribution in [0, 0.1) is 11.3 Å². The molecule has 0 aliphatic heterocycles. The molecule has 3 rings (SSSR count). The number of hydrogen-bond acceptors (Lipinski definition) is 4. The van der Waals surface area contributed by atoms with Gasteiger partial charge in [0.25, 0.3) is 0 Å². The van der Waals surface area contributed by atoms with Crippen molar-refractivity contribution in [2.75, 3.05) is 11.1 Å². The van der Waals surface area contributed by atoms with Gasteiger partial charge >= 0.3 is 0 Å². The molecule has 0 fully saturated rings. The number of nitrogens with two attached hydrogens (primary N) is 1. The monoisotopic (exact) mass is 362 g/mol. The Morgan fingerprint density at radius 1 is 1.12 bits per heavy atom. The number of pyridine rings is 1. The summed E-state index contributed by atoms with van der Waals surface area (Å²) in [6, 6.07) is 18.4. The summed E-state index contributed by atoms with van der Waals surface area (Å²) in [6.45, 7) is 1.45. The Morgan fingerprint density at radius 3 is 2.31 bits per heavy atom. The fraction of sp³-hybridized carbons (Fsp3) is 0.0500. The number of carbonyl (C=O) groups is 1. The number of amides is 1. The molecule has 0 saturated carbocycles. The average Bonchev–Trinajstić information content (AvgIpc) is 2.62. The quantitative estimate of drug-likeness (QED) is 0.718. The maximum absolute atomic E-state index is 11.2. The minimum atomic E-state index is -0.145. The third kappa shape index (κ3) is 3.66. The maximum Gasteiger partial charge on any atom is 0.221 e. The number of aromatic nitrogens is 1. The number of nitriles is 1. The second kappa shape index (κ2) is 7.26. The van der Waals surface area contributed by atoms with Crippen molar-refractivity contribution in [1.82, 2.24) is 4.98 Å². The van der Waals surface area contributed by atoms with E-state index in [1.165, 1.54) is 6.92 Å². The van der Waals surface area contributed by atoms with E-state index in [0.29, 0.717) is 27.5 Å². The summed E-state index contributed by atoms with van der Waals surface area (Å²) in [6.07, 6.45) is 0. The highest BCUT2D eigenvalue weighted by Gasteiger charge is 2.13. The predicted molar refractivity (Wildman–Crippen MR) is 104 cm³/mol. The van der Waals surface area contributed by atoms with Gasteiger partial charge in [0, 0.05) is 28.8 Å². The molecule has 2 aromatic carbocycles. The highest BCUT2D eigenvalue weighted by Crippen LogP contribution is 2.32. The summed E-state index contributed by atoms with van der Waals surface area (Å²) < 4.78 is 0. The number of hydrogen-bond donors (Lipinski definition) is 2. The van der Waals surface area contributed by atoms with E-state index in [-0.39, 0.29) is 11.7 Å². The first-order chi connectivity index (χ1) is 12.5. The minimum absolute atomic E-state index is 0.145. The van der Waals surface area contributed by atoms with Crippen molar-refractivity contribution in [3.8, 4) is 28.5 Å². The number of nitrogens with zero attached hydrogens (tertiary/aromatic N) is 2. The van der Waals surface area contributed by atoms with Gasteiger partial charge in [0.05, 0.1) is 5.69 Å². The highest BCUT2D eigenvalue weighted by molar-refractivity contribution is 6.30. The van der Waals surface area contributed by atoms with Crippen LogP contribution in [0.5, 0.6) is 0 Å². The lowest BCUT2D eigenvalue weighted by Gasteiger charge is -2.11. The fourth-order valence-corrected chi connectivity index (χ4v) is 2.74. The average molecular weight is 363 g/mol. The summed E-state index contributed by atoms with van der Waals surface area (Å²) >= 11 is 5.94. The van der Waals surface area contributed by atoms with E-state index in [0.717, 1.165) is 11.1 Å². The molecule has 1 aromatic heterocycles. The van der Waals surface area contributed by atoms with Crippen LogP contribution in [0.15, 0.2) is 54.6 Å². The highest BCUT2D eigenvalue weighted by atomic mass is 35.5. The lowest BCUT2D eigenvalue weighted by Crippen LogP contribution is -2.05. The van der Waals surface area contributed by atoms with Gasteiger partial charge in [-0.15, -0.1) is 0 Å². The van der Waals surface area contributed by atoms with Crippen molar-refractivity contribution in [1.29, 1.82) is 5.26 Å². The number of halogens is 1. The van der Waals surface area contributed by atoms with Crippen molar-refractivity contribution in [3.05, 3.63) is 65.2 Å². The zero-order chi connectivity index (χ0) is 18.7. The van der Waals surface area contributed by atoms with Gasteiger partial charge in [-0.05, 0) is 35.9 Å². The van der Waals surface area contributed by atoms with Gasteiger partial charge in [0.2, 0.25) is 5.91 Å². The molecule has 0 atom stereocenters. The molecular weight excluding hydrogens is 348 g/mol. The van der Waals surface area contributed by atoms with E-state index >= 15 is 0 Å². The molecule has 0 spiro atoms. The van der Waals surface area contributed by atoms with Crippen LogP contribution in [0.4, 0.5) is 11.5 Å². The Kier molecular flexibility index (Phi) is 4.87. The molecule has 1 amide bonds. The molecular formula is C20H15ClN4O. The Balaban J connectivity index is 2.09. The molecule has 0 aliphatic rings. The van der Waals surface area contributed by atoms with Gasteiger partial charge in [0.1, 0.15) is 17.5 Å². The maximum atomic E-state index is 11.2. The third-order valence-electron chi connectivity index (χ3n) is 3.82. The first-order valence-electron chi connectivity index (χ1n) is 7.82. The standard InChI is InChI=1S/C20H15ClN4O/c1-12(26)24-16-8-4-13(5-9-16)17-10-19(25-20(23)18(17)11-22)14-2-6-15(21)7-3-14/h2-10H,1H3,(H2,23,25)(H,24,26). The van der Waals surface area contributed by atoms with Gasteiger partial charge in [0.15, 0.2) is 0 Å². The number of carbonyl (C=O) groups excluding carboxylic acids is 1. The Hall–Kier alpha value is -3.36. The fourth-order valence-electron chi connectivity index (χ4n) is 2.61. The smallest absolute Gasteiger partial charge is 0.221 e. The van der Waals surface area contributed by atoms with E-state index in [4.69, 9.17) is 17.3 Å². The molecule has 0 unspecified atom stereocenters. The van der Waals surface area contributed by atoms with Crippen LogP contribution < -0.4 is 11.1 Å². The van der Waals surface area contributed by atoms with Crippen LogP contribution in [-0.2, 0) is 4.79 Å². The molecule has 3 N–H and O–H groups in total. The first kappa shape index (κ1) is 17.5. The predicted octanol–water partition coefficient (Wildman–Crippen LogP) is 4.48. The van der Waals surface area contributed by atoms with E-state index in [1.54, 1.807) is 24.3 Å². The van der Waals surface area contributed by atoms with Crippen molar-refractivity contribution in [3.63, 3.8) is 0 Å². The molecule has 3 aromatic rings. The number of benzene rings is 2. The van der Waals surface area contributed by atoms with Crippen molar-refractivity contribution < 1.29 is 4.79 Å². The molecule has 0 saturated heterocycles. The van der Waals surface area contributed by atoms with E-state index < -0.39 is 0 Å². The van der Waals surface area contributed by atoms with Gasteiger partial charge < -0.3 is 11.1 Å². The topological polar surface area (TPSA) is 91.8 Å². The van der Waals surface area contributed by atoms with E-state index in [1.807, 2.05) is 30.3 Å². The van der Waals surface area contributed by atoms with Crippen LogP contribution in [-0.4, -0.2) is 10.9 Å². The van der Waals surface area contributed by atoms with E-state index in [9.17, 15) is 10.1 Å². The summed E-state index contributed by atoms with van der Waals surface area (Å²) in [5, 5.41) is 12.8. The second-order valence-electron chi connectivity index (χ2n) is 5.69. The Labute approximate surface area is 156 Å². The largest absolute Gasteiger partial charge is 0.383 e. The van der Waals surface area contributed by atoms with Crippen molar-refractivity contribution in [2.24, 2.45) is 0 Å². The zero-order valence-electron chi connectivity index (χ0n) is 14.0. The summed E-state index contributed by atoms with van der Waals surface area (Å²) in [5.74, 6) is 0.0227. The normalized spacial score (nSPS) is 10.2. The van der Waals surface area contributed by atoms with E-state index in [2.05, 4.69) is 16.4 Å². The van der Waals surface area contributed by atoms with Crippen LogP contribution >= 0.6 is 11.6 Å². The van der Waals surface area contributed by atoms with Gasteiger partial charge in [-0.25, -0.2) is 4.98 Å². The molecule has 0 radical (unpaired) electrons. The number of nitrogens with one attached hydrogen (secondary N) is 1. The SMILES string of the molecule is CC(=O)Nc1ccc(-c2cc(-c3ccc(Cl)cc3)nc(N)c2C#N)cc1. The van der Waals surface area contributed by atoms with Gasteiger partial charge in [-0.1, -0.05) is 35.9 Å². The van der Waals surface area contributed by atoms with Crippen LogP contribution in [0.2, 0.25) is 5.02 Å². The Morgan fingerprint density at radius 2 is 1.73 bits per heavy atom. The second-order valence-corrected chi connectivity index (χ2v) is 6.13.